The van der Waals surface area contributed by atoms with Crippen LogP contribution < -0.4 is 20.5 Å². The van der Waals surface area contributed by atoms with E-state index >= 15 is 0 Å². The molecule has 0 atom stereocenters. The zero-order valence-electron chi connectivity index (χ0n) is 15.9. The van der Waals surface area contributed by atoms with Crippen LogP contribution in [0.1, 0.15) is 31.9 Å². The van der Waals surface area contributed by atoms with Crippen molar-refractivity contribution in [3.8, 4) is 17.2 Å². The molecule has 0 aliphatic rings. The first kappa shape index (κ1) is 19.4. The molecule has 0 saturated carbocycles. The molecule has 6 nitrogen and oxygen atoms in total. The van der Waals surface area contributed by atoms with Gasteiger partial charge in [-0.25, -0.2) is 4.79 Å². The van der Waals surface area contributed by atoms with Crippen LogP contribution in [-0.4, -0.2) is 18.8 Å². The molecule has 2 rings (SSSR count). The molecule has 26 heavy (non-hydrogen) atoms. The molecule has 1 amide bonds. The van der Waals surface area contributed by atoms with Crippen LogP contribution >= 0.6 is 0 Å². The molecule has 2 aromatic carbocycles. The monoisotopic (exact) mass is 358 g/mol. The van der Waals surface area contributed by atoms with Gasteiger partial charge in [-0.15, -0.1) is 0 Å². The lowest BCUT2D eigenvalue weighted by atomic mass is 10.1. The minimum Gasteiger partial charge on any atom is -0.497 e. The van der Waals surface area contributed by atoms with E-state index in [1.54, 1.807) is 25.3 Å². The lowest BCUT2D eigenvalue weighted by Gasteiger charge is -2.20. The predicted molar refractivity (Wildman–Crippen MR) is 102 cm³/mol. The van der Waals surface area contributed by atoms with Gasteiger partial charge in [0.25, 0.3) is 0 Å². The van der Waals surface area contributed by atoms with Crippen LogP contribution in [0.25, 0.3) is 0 Å². The minimum atomic E-state index is -0.551. The average Bonchev–Trinajstić information content (AvgIpc) is 2.53. The van der Waals surface area contributed by atoms with Crippen LogP contribution in [0.5, 0.6) is 17.2 Å². The maximum Gasteiger partial charge on any atom is 0.407 e. The third kappa shape index (κ3) is 5.88. The molecule has 6 heteroatoms. The second-order valence-electron chi connectivity index (χ2n) is 7.00. The number of hydrogen-bond acceptors (Lipinski definition) is 5. The minimum absolute atomic E-state index is 0.245. The third-order valence-corrected chi connectivity index (χ3v) is 3.43. The maximum absolute atomic E-state index is 11.8. The molecule has 0 spiro atoms. The van der Waals surface area contributed by atoms with E-state index < -0.39 is 11.7 Å². The lowest BCUT2D eigenvalue weighted by Crippen LogP contribution is -2.32. The molecule has 0 aliphatic carbocycles. The second-order valence-corrected chi connectivity index (χ2v) is 7.00. The van der Waals surface area contributed by atoms with Crippen LogP contribution in [0.2, 0.25) is 0 Å². The Kier molecular flexibility index (Phi) is 5.97. The van der Waals surface area contributed by atoms with Gasteiger partial charge in [-0.1, -0.05) is 0 Å². The standard InChI is InChI=1S/C20H26N2O4/c1-13-8-16(24-5)11-17(9-13)25-15-6-7-18(21)14(10-15)12-22-19(23)26-20(2,3)4/h6-11H,12,21H2,1-5H3,(H,22,23). The molecule has 0 radical (unpaired) electrons. The molecular formula is C20H26N2O4. The number of nitrogen functional groups attached to an aromatic ring is 1. The van der Waals surface area contributed by atoms with Gasteiger partial charge in [-0.05, 0) is 69.2 Å². The van der Waals surface area contributed by atoms with Gasteiger partial charge in [0.1, 0.15) is 22.8 Å². The summed E-state index contributed by atoms with van der Waals surface area (Å²) in [6.07, 6.45) is -0.494. The molecular weight excluding hydrogens is 332 g/mol. The summed E-state index contributed by atoms with van der Waals surface area (Å²) in [5.41, 5.74) is 7.79. The van der Waals surface area contributed by atoms with Crippen LogP contribution in [0.15, 0.2) is 36.4 Å². The molecule has 2 aromatic rings. The van der Waals surface area contributed by atoms with E-state index in [4.69, 9.17) is 19.9 Å². The first-order valence-corrected chi connectivity index (χ1v) is 8.35. The van der Waals surface area contributed by atoms with Gasteiger partial charge in [0.2, 0.25) is 0 Å². The van der Waals surface area contributed by atoms with E-state index in [-0.39, 0.29) is 6.54 Å². The first-order valence-electron chi connectivity index (χ1n) is 8.35. The Morgan fingerprint density at radius 2 is 1.77 bits per heavy atom. The third-order valence-electron chi connectivity index (χ3n) is 3.43. The van der Waals surface area contributed by atoms with Crippen LogP contribution in [0.4, 0.5) is 10.5 Å². The van der Waals surface area contributed by atoms with Gasteiger partial charge in [-0.2, -0.15) is 0 Å². The van der Waals surface area contributed by atoms with E-state index in [0.717, 1.165) is 16.9 Å². The number of carbonyl (C=O) groups is 1. The number of aryl methyl sites for hydroxylation is 1. The summed E-state index contributed by atoms with van der Waals surface area (Å²) in [6.45, 7) is 7.65. The smallest absolute Gasteiger partial charge is 0.407 e. The summed E-state index contributed by atoms with van der Waals surface area (Å²) in [7, 11) is 1.61. The molecule has 0 fully saturated rings. The number of anilines is 1. The number of hydrogen-bond donors (Lipinski definition) is 2. The zero-order chi connectivity index (χ0) is 19.3. The molecule has 0 heterocycles. The number of alkyl carbamates (subject to hydrolysis) is 1. The topological polar surface area (TPSA) is 82.8 Å². The fraction of sp³-hybridized carbons (Fsp3) is 0.350. The fourth-order valence-electron chi connectivity index (χ4n) is 2.31. The molecule has 140 valence electrons. The number of methoxy groups -OCH3 is 1. The van der Waals surface area contributed by atoms with Gasteiger partial charge >= 0.3 is 6.09 Å². The zero-order valence-corrected chi connectivity index (χ0v) is 15.9. The quantitative estimate of drug-likeness (QED) is 0.774. The largest absolute Gasteiger partial charge is 0.497 e. The van der Waals surface area contributed by atoms with Crippen molar-refractivity contribution in [1.82, 2.24) is 5.32 Å². The number of carbonyl (C=O) groups excluding carboxylic acids is 1. The number of nitrogens with one attached hydrogen (secondary N) is 1. The Balaban J connectivity index is 2.09. The highest BCUT2D eigenvalue weighted by atomic mass is 16.6. The molecule has 0 aromatic heterocycles. The molecule has 3 N–H and O–H groups in total. The summed E-state index contributed by atoms with van der Waals surface area (Å²) >= 11 is 0. The van der Waals surface area contributed by atoms with E-state index in [9.17, 15) is 4.79 Å². The van der Waals surface area contributed by atoms with Crippen molar-refractivity contribution in [2.24, 2.45) is 0 Å². The second kappa shape index (κ2) is 7.99. The maximum atomic E-state index is 11.8. The van der Waals surface area contributed by atoms with Gasteiger partial charge in [0, 0.05) is 18.3 Å². The number of rotatable bonds is 5. The summed E-state index contributed by atoms with van der Waals surface area (Å²) in [5.74, 6) is 2.01. The van der Waals surface area contributed by atoms with Gasteiger partial charge in [0.15, 0.2) is 0 Å². The Bertz CT molecular complexity index is 782. The first-order chi connectivity index (χ1) is 12.2. The average molecular weight is 358 g/mol. The number of nitrogens with two attached hydrogens (primary N) is 1. The predicted octanol–water partition coefficient (Wildman–Crippen LogP) is 4.40. The van der Waals surface area contributed by atoms with E-state index in [2.05, 4.69) is 5.32 Å². The van der Waals surface area contributed by atoms with Crippen molar-refractivity contribution in [2.75, 3.05) is 12.8 Å². The van der Waals surface area contributed by atoms with Crippen molar-refractivity contribution >= 4 is 11.8 Å². The number of amides is 1. The van der Waals surface area contributed by atoms with Crippen molar-refractivity contribution in [3.05, 3.63) is 47.5 Å². The highest BCUT2D eigenvalue weighted by Gasteiger charge is 2.16. The summed E-state index contributed by atoms with van der Waals surface area (Å²) in [6, 6.07) is 11.0. The Morgan fingerprint density at radius 3 is 2.42 bits per heavy atom. The fourth-order valence-corrected chi connectivity index (χ4v) is 2.31. The molecule has 0 aliphatic heterocycles. The van der Waals surface area contributed by atoms with Crippen LogP contribution in [0.3, 0.4) is 0 Å². The normalized spacial score (nSPS) is 11.0. The van der Waals surface area contributed by atoms with Gasteiger partial charge in [0.05, 0.1) is 7.11 Å². The molecule has 0 unspecified atom stereocenters. The molecule has 0 bridgehead atoms. The van der Waals surface area contributed by atoms with Gasteiger partial charge < -0.3 is 25.3 Å². The summed E-state index contributed by atoms with van der Waals surface area (Å²) < 4.78 is 16.4. The molecule has 0 saturated heterocycles. The van der Waals surface area contributed by atoms with Crippen LogP contribution in [0, 0.1) is 6.92 Å². The van der Waals surface area contributed by atoms with Crippen molar-refractivity contribution in [1.29, 1.82) is 0 Å². The van der Waals surface area contributed by atoms with E-state index in [0.29, 0.717) is 17.2 Å². The Hall–Kier alpha value is -2.89. The number of ether oxygens (including phenoxy) is 3. The highest BCUT2D eigenvalue weighted by molar-refractivity contribution is 5.68. The van der Waals surface area contributed by atoms with E-state index in [1.165, 1.54) is 0 Å². The van der Waals surface area contributed by atoms with Crippen molar-refractivity contribution in [2.45, 2.75) is 39.8 Å². The SMILES string of the molecule is COc1cc(C)cc(Oc2ccc(N)c(CNC(=O)OC(C)(C)C)c2)c1. The van der Waals surface area contributed by atoms with Crippen molar-refractivity contribution in [3.63, 3.8) is 0 Å². The van der Waals surface area contributed by atoms with E-state index in [1.807, 2.05) is 45.9 Å². The van der Waals surface area contributed by atoms with Crippen molar-refractivity contribution < 1.29 is 19.0 Å². The highest BCUT2D eigenvalue weighted by Crippen LogP contribution is 2.29. The Morgan fingerprint density at radius 1 is 1.08 bits per heavy atom. The van der Waals surface area contributed by atoms with Gasteiger partial charge in [-0.3, -0.25) is 0 Å². The van der Waals surface area contributed by atoms with Crippen LogP contribution in [-0.2, 0) is 11.3 Å². The Labute approximate surface area is 154 Å². The summed E-state index contributed by atoms with van der Waals surface area (Å²) in [4.78, 5) is 11.8. The number of benzene rings is 2. The summed E-state index contributed by atoms with van der Waals surface area (Å²) in [5, 5.41) is 2.70. The lowest BCUT2D eigenvalue weighted by molar-refractivity contribution is 0.0523.